The van der Waals surface area contributed by atoms with E-state index in [0.717, 1.165) is 4.90 Å². The first-order chi connectivity index (χ1) is 15.8. The van der Waals surface area contributed by atoms with E-state index in [4.69, 9.17) is 4.74 Å². The van der Waals surface area contributed by atoms with Crippen LogP contribution in [0.1, 0.15) is 49.5 Å². The van der Waals surface area contributed by atoms with Crippen molar-refractivity contribution in [3.63, 3.8) is 0 Å². The maximum atomic E-state index is 13.7. The smallest absolute Gasteiger partial charge is 0.263 e. The molecule has 0 spiro atoms. The Morgan fingerprint density at radius 1 is 1.09 bits per heavy atom. The van der Waals surface area contributed by atoms with Gasteiger partial charge in [-0.2, -0.15) is 0 Å². The normalized spacial score (nSPS) is 20.1. The minimum absolute atomic E-state index is 0.000649. The molecular formula is C23H18FN3O6. The predicted molar refractivity (Wildman–Crippen MR) is 110 cm³/mol. The molecule has 10 heteroatoms. The molecule has 0 saturated carbocycles. The van der Waals surface area contributed by atoms with Gasteiger partial charge in [0.1, 0.15) is 24.2 Å². The van der Waals surface area contributed by atoms with Gasteiger partial charge in [0.25, 0.3) is 17.7 Å². The summed E-state index contributed by atoms with van der Waals surface area (Å²) in [6.07, 6.45) is 0.0184. The molecule has 2 aromatic rings. The molecule has 5 rings (SSSR count). The molecule has 9 nitrogen and oxygen atoms in total. The number of nitrogens with zero attached hydrogens (tertiary/aromatic N) is 2. The second-order valence-corrected chi connectivity index (χ2v) is 8.00. The Hall–Kier alpha value is -4.08. The highest BCUT2D eigenvalue weighted by molar-refractivity contribution is 6.26. The van der Waals surface area contributed by atoms with Crippen molar-refractivity contribution in [1.82, 2.24) is 15.1 Å². The molecule has 1 unspecified atom stereocenters. The zero-order valence-electron chi connectivity index (χ0n) is 17.3. The van der Waals surface area contributed by atoms with Crippen LogP contribution in [0.25, 0.3) is 0 Å². The molecule has 0 aromatic heterocycles. The molecule has 1 atom stereocenters. The number of hydrogen-bond acceptors (Lipinski definition) is 6. The maximum absolute atomic E-state index is 13.7. The number of rotatable bonds is 2. The molecule has 3 heterocycles. The molecule has 1 saturated heterocycles. The van der Waals surface area contributed by atoms with Crippen molar-refractivity contribution in [2.24, 2.45) is 0 Å². The Bertz CT molecular complexity index is 1240. The average molecular weight is 451 g/mol. The van der Waals surface area contributed by atoms with Gasteiger partial charge < -0.3 is 9.64 Å². The molecule has 0 bridgehead atoms. The lowest BCUT2D eigenvalue weighted by molar-refractivity contribution is -0.136. The molecule has 5 amide bonds. The van der Waals surface area contributed by atoms with Crippen molar-refractivity contribution in [2.45, 2.75) is 25.4 Å². The number of hydrogen-bond donors (Lipinski definition) is 1. The van der Waals surface area contributed by atoms with Gasteiger partial charge in [0.15, 0.2) is 0 Å². The molecular weight excluding hydrogens is 433 g/mol. The molecule has 3 aliphatic heterocycles. The van der Waals surface area contributed by atoms with Gasteiger partial charge in [0.2, 0.25) is 11.8 Å². The fourth-order valence-electron chi connectivity index (χ4n) is 4.40. The van der Waals surface area contributed by atoms with E-state index in [1.54, 1.807) is 0 Å². The summed E-state index contributed by atoms with van der Waals surface area (Å²) < 4.78 is 19.3. The Balaban J connectivity index is 1.47. The van der Waals surface area contributed by atoms with Gasteiger partial charge in [-0.15, -0.1) is 0 Å². The Morgan fingerprint density at radius 3 is 2.70 bits per heavy atom. The van der Waals surface area contributed by atoms with E-state index in [1.165, 1.54) is 41.3 Å². The first-order valence-electron chi connectivity index (χ1n) is 10.4. The molecule has 3 aliphatic rings. The van der Waals surface area contributed by atoms with Crippen LogP contribution < -0.4 is 10.1 Å². The van der Waals surface area contributed by atoms with E-state index in [9.17, 15) is 28.4 Å². The van der Waals surface area contributed by atoms with Crippen LogP contribution in [0.15, 0.2) is 36.4 Å². The van der Waals surface area contributed by atoms with Gasteiger partial charge in [-0.25, -0.2) is 4.39 Å². The average Bonchev–Trinajstić information content (AvgIpc) is 2.93. The number of ether oxygens (including phenoxy) is 1. The molecule has 0 aliphatic carbocycles. The summed E-state index contributed by atoms with van der Waals surface area (Å²) in [6.45, 7) is 0.432. The number of fused-ring (bicyclic) bond motifs is 2. The van der Waals surface area contributed by atoms with Crippen molar-refractivity contribution in [1.29, 1.82) is 0 Å². The van der Waals surface area contributed by atoms with Crippen molar-refractivity contribution >= 4 is 29.5 Å². The first-order valence-corrected chi connectivity index (χ1v) is 10.4. The monoisotopic (exact) mass is 451 g/mol. The first kappa shape index (κ1) is 20.8. The zero-order chi connectivity index (χ0) is 23.3. The summed E-state index contributed by atoms with van der Waals surface area (Å²) in [6, 6.07) is 7.29. The minimum atomic E-state index is -1.13. The van der Waals surface area contributed by atoms with E-state index in [0.29, 0.717) is 11.3 Å². The van der Waals surface area contributed by atoms with Gasteiger partial charge in [-0.05, 0) is 36.8 Å². The quantitative estimate of drug-likeness (QED) is 0.688. The highest BCUT2D eigenvalue weighted by atomic mass is 19.1. The summed E-state index contributed by atoms with van der Waals surface area (Å²) in [4.78, 5) is 65.7. The van der Waals surface area contributed by atoms with Crippen LogP contribution in [0.2, 0.25) is 0 Å². The Kier molecular flexibility index (Phi) is 4.92. The van der Waals surface area contributed by atoms with Crippen LogP contribution in [0.5, 0.6) is 5.75 Å². The van der Waals surface area contributed by atoms with Crippen molar-refractivity contribution in [3.05, 3.63) is 64.5 Å². The second-order valence-electron chi connectivity index (χ2n) is 8.00. The minimum Gasteiger partial charge on any atom is -0.491 e. The molecule has 1 N–H and O–H groups in total. The van der Waals surface area contributed by atoms with Gasteiger partial charge in [-0.3, -0.25) is 34.2 Å². The highest BCUT2D eigenvalue weighted by Crippen LogP contribution is 2.31. The Morgan fingerprint density at radius 2 is 1.91 bits per heavy atom. The second kappa shape index (κ2) is 7.80. The summed E-state index contributed by atoms with van der Waals surface area (Å²) in [5, 5.41) is 2.14. The number of nitrogens with one attached hydrogen (secondary N) is 1. The van der Waals surface area contributed by atoms with Gasteiger partial charge >= 0.3 is 0 Å². The molecule has 168 valence electrons. The fourth-order valence-corrected chi connectivity index (χ4v) is 4.40. The summed E-state index contributed by atoms with van der Waals surface area (Å²) in [5.74, 6) is -3.15. The van der Waals surface area contributed by atoms with Crippen LogP contribution in [0.3, 0.4) is 0 Å². The maximum Gasteiger partial charge on any atom is 0.263 e. The van der Waals surface area contributed by atoms with Crippen LogP contribution >= 0.6 is 0 Å². The molecule has 2 aromatic carbocycles. The van der Waals surface area contributed by atoms with Crippen molar-refractivity contribution < 1.29 is 33.1 Å². The standard InChI is InChI=1S/C23H18FN3O6/c24-13-4-6-17-12(10-13)11-26(8-9-33-17)21(30)14-2-1-3-15-19(14)23(32)27(22(15)31)16-5-7-18(28)25-20(16)29/h1-4,6,10,16H,5,7-9,11H2,(H,25,28,29). The molecule has 1 fully saturated rings. The molecule has 33 heavy (non-hydrogen) atoms. The number of imide groups is 2. The largest absolute Gasteiger partial charge is 0.491 e. The van der Waals surface area contributed by atoms with Crippen LogP contribution in [0, 0.1) is 5.82 Å². The van der Waals surface area contributed by atoms with E-state index >= 15 is 0 Å². The lowest BCUT2D eigenvalue weighted by Gasteiger charge is -2.28. The van der Waals surface area contributed by atoms with Gasteiger partial charge in [0, 0.05) is 18.5 Å². The van der Waals surface area contributed by atoms with E-state index in [2.05, 4.69) is 5.32 Å². The third-order valence-electron chi connectivity index (χ3n) is 5.99. The lowest BCUT2D eigenvalue weighted by atomic mass is 10.0. The van der Waals surface area contributed by atoms with E-state index < -0.39 is 41.4 Å². The SMILES string of the molecule is O=C1CCC(N2C(=O)c3cccc(C(=O)N4CCOc5ccc(F)cc5C4)c3C2=O)C(=O)N1. The highest BCUT2D eigenvalue weighted by Gasteiger charge is 2.46. The number of benzene rings is 2. The summed E-state index contributed by atoms with van der Waals surface area (Å²) in [5.41, 5.74) is 0.441. The number of piperidine rings is 1. The van der Waals surface area contributed by atoms with E-state index in [1.807, 2.05) is 0 Å². The van der Waals surface area contributed by atoms with Crippen LogP contribution in [0.4, 0.5) is 4.39 Å². The number of amides is 5. The molecule has 0 radical (unpaired) electrons. The topological polar surface area (TPSA) is 113 Å². The third-order valence-corrected chi connectivity index (χ3v) is 5.99. The number of carbonyl (C=O) groups excluding carboxylic acids is 5. The third kappa shape index (κ3) is 3.43. The van der Waals surface area contributed by atoms with Crippen molar-refractivity contribution in [3.8, 4) is 5.75 Å². The van der Waals surface area contributed by atoms with Crippen LogP contribution in [-0.4, -0.2) is 58.5 Å². The number of carbonyl (C=O) groups is 5. The Labute approximate surface area is 187 Å². The number of halogens is 1. The van der Waals surface area contributed by atoms with E-state index in [-0.39, 0.29) is 49.2 Å². The van der Waals surface area contributed by atoms with Crippen molar-refractivity contribution in [2.75, 3.05) is 13.2 Å². The summed E-state index contributed by atoms with van der Waals surface area (Å²) >= 11 is 0. The summed E-state index contributed by atoms with van der Waals surface area (Å²) in [7, 11) is 0. The van der Waals surface area contributed by atoms with Gasteiger partial charge in [-0.1, -0.05) is 6.07 Å². The fraction of sp³-hybridized carbons (Fsp3) is 0.261. The lowest BCUT2D eigenvalue weighted by Crippen LogP contribution is -2.54. The van der Waals surface area contributed by atoms with Gasteiger partial charge in [0.05, 0.1) is 23.2 Å². The predicted octanol–water partition coefficient (Wildman–Crippen LogP) is 1.26. The van der Waals surface area contributed by atoms with Crippen LogP contribution in [-0.2, 0) is 16.1 Å². The zero-order valence-corrected chi connectivity index (χ0v) is 17.3.